The van der Waals surface area contributed by atoms with E-state index < -0.39 is 0 Å². The Labute approximate surface area is 110 Å². The number of halogens is 1. The minimum Gasteiger partial charge on any atom is -0.369 e. The standard InChI is InChI=1S/C12H14ClN3S/c1-9-12(17-8-15-9)7-16(2)11-3-4-14-10(5-11)6-13/h3-5,8H,6-7H2,1-2H3. The number of hydrogen-bond acceptors (Lipinski definition) is 4. The molecule has 0 amide bonds. The summed E-state index contributed by atoms with van der Waals surface area (Å²) in [6.45, 7) is 2.90. The van der Waals surface area contributed by atoms with Crippen molar-refractivity contribution < 1.29 is 0 Å². The van der Waals surface area contributed by atoms with E-state index in [-0.39, 0.29) is 0 Å². The lowest BCUT2D eigenvalue weighted by molar-refractivity contribution is 0.920. The zero-order valence-electron chi connectivity index (χ0n) is 9.85. The Bertz CT molecular complexity index is 498. The summed E-state index contributed by atoms with van der Waals surface area (Å²) in [6.07, 6.45) is 1.79. The van der Waals surface area contributed by atoms with Crippen LogP contribution in [0.3, 0.4) is 0 Å². The molecule has 5 heteroatoms. The van der Waals surface area contributed by atoms with Crippen molar-refractivity contribution >= 4 is 28.6 Å². The monoisotopic (exact) mass is 267 g/mol. The highest BCUT2D eigenvalue weighted by Gasteiger charge is 2.07. The SMILES string of the molecule is Cc1ncsc1CN(C)c1ccnc(CCl)c1. The number of anilines is 1. The first kappa shape index (κ1) is 12.3. The van der Waals surface area contributed by atoms with Gasteiger partial charge >= 0.3 is 0 Å². The maximum atomic E-state index is 5.78. The fourth-order valence-electron chi connectivity index (χ4n) is 1.56. The molecule has 2 aromatic heterocycles. The van der Waals surface area contributed by atoms with Gasteiger partial charge in [-0.3, -0.25) is 4.98 Å². The molecule has 2 rings (SSSR count). The first-order chi connectivity index (χ1) is 8.20. The van der Waals surface area contributed by atoms with Crippen LogP contribution in [0.25, 0.3) is 0 Å². The predicted octanol–water partition coefficient (Wildman–Crippen LogP) is 3.22. The van der Waals surface area contributed by atoms with Gasteiger partial charge in [0.1, 0.15) is 0 Å². The Morgan fingerprint density at radius 2 is 2.24 bits per heavy atom. The average molecular weight is 268 g/mol. The fraction of sp³-hybridized carbons (Fsp3) is 0.333. The molecule has 0 spiro atoms. The summed E-state index contributed by atoms with van der Waals surface area (Å²) in [5.74, 6) is 0.446. The second-order valence-electron chi connectivity index (χ2n) is 3.86. The summed E-state index contributed by atoms with van der Waals surface area (Å²) in [5.41, 5.74) is 5.02. The Hall–Kier alpha value is -1.13. The Morgan fingerprint density at radius 1 is 1.41 bits per heavy atom. The van der Waals surface area contributed by atoms with Crippen molar-refractivity contribution in [1.29, 1.82) is 0 Å². The molecule has 0 saturated carbocycles. The maximum Gasteiger partial charge on any atom is 0.0798 e. The van der Waals surface area contributed by atoms with Gasteiger partial charge in [0.25, 0.3) is 0 Å². The number of aromatic nitrogens is 2. The molecular weight excluding hydrogens is 254 g/mol. The van der Waals surface area contributed by atoms with Gasteiger partial charge in [-0.25, -0.2) is 4.98 Å². The summed E-state index contributed by atoms with van der Waals surface area (Å²) >= 11 is 7.47. The minimum atomic E-state index is 0.446. The molecule has 2 aromatic rings. The molecule has 0 aliphatic carbocycles. The predicted molar refractivity (Wildman–Crippen MR) is 72.8 cm³/mol. The summed E-state index contributed by atoms with van der Waals surface area (Å²) in [7, 11) is 2.06. The highest BCUT2D eigenvalue weighted by molar-refractivity contribution is 7.09. The van der Waals surface area contributed by atoms with Crippen LogP contribution >= 0.6 is 22.9 Å². The lowest BCUT2D eigenvalue weighted by Crippen LogP contribution is -2.16. The first-order valence-electron chi connectivity index (χ1n) is 5.31. The van der Waals surface area contributed by atoms with Crippen molar-refractivity contribution in [2.75, 3.05) is 11.9 Å². The number of rotatable bonds is 4. The number of nitrogens with zero attached hydrogens (tertiary/aromatic N) is 3. The summed E-state index contributed by atoms with van der Waals surface area (Å²) < 4.78 is 0. The molecular formula is C12H14ClN3S. The van der Waals surface area contributed by atoms with Crippen molar-refractivity contribution in [3.63, 3.8) is 0 Å². The van der Waals surface area contributed by atoms with Gasteiger partial charge in [0.15, 0.2) is 0 Å². The normalized spacial score (nSPS) is 10.5. The van der Waals surface area contributed by atoms with Gasteiger partial charge in [-0.05, 0) is 19.1 Å². The van der Waals surface area contributed by atoms with Crippen molar-refractivity contribution in [3.05, 3.63) is 40.1 Å². The Balaban J connectivity index is 2.14. The van der Waals surface area contributed by atoms with E-state index >= 15 is 0 Å². The average Bonchev–Trinajstić information content (AvgIpc) is 2.75. The van der Waals surface area contributed by atoms with E-state index in [1.165, 1.54) is 4.88 Å². The van der Waals surface area contributed by atoms with Gasteiger partial charge in [0.05, 0.1) is 29.3 Å². The molecule has 0 aliphatic rings. The van der Waals surface area contributed by atoms with Crippen LogP contribution in [0.1, 0.15) is 16.3 Å². The van der Waals surface area contributed by atoms with Crippen LogP contribution in [-0.4, -0.2) is 17.0 Å². The van der Waals surface area contributed by atoms with Crippen LogP contribution in [-0.2, 0) is 12.4 Å². The number of pyridine rings is 1. The molecule has 90 valence electrons. The second-order valence-corrected chi connectivity index (χ2v) is 5.06. The van der Waals surface area contributed by atoms with Crippen LogP contribution in [0, 0.1) is 6.92 Å². The molecule has 2 heterocycles. The van der Waals surface area contributed by atoms with E-state index in [9.17, 15) is 0 Å². The highest BCUT2D eigenvalue weighted by atomic mass is 35.5. The molecule has 0 aromatic carbocycles. The lowest BCUT2D eigenvalue weighted by atomic mass is 10.3. The van der Waals surface area contributed by atoms with Crippen molar-refractivity contribution in [1.82, 2.24) is 9.97 Å². The van der Waals surface area contributed by atoms with E-state index in [1.54, 1.807) is 17.5 Å². The van der Waals surface area contributed by atoms with E-state index in [0.717, 1.165) is 23.6 Å². The van der Waals surface area contributed by atoms with Gasteiger partial charge in [0.2, 0.25) is 0 Å². The van der Waals surface area contributed by atoms with Crippen LogP contribution < -0.4 is 4.90 Å². The zero-order valence-corrected chi connectivity index (χ0v) is 11.4. The second kappa shape index (κ2) is 5.47. The number of thiazole rings is 1. The fourth-order valence-corrected chi connectivity index (χ4v) is 2.54. The molecule has 0 bridgehead atoms. The van der Waals surface area contributed by atoms with E-state index in [2.05, 4.69) is 21.9 Å². The summed E-state index contributed by atoms with van der Waals surface area (Å²) in [5, 5.41) is 0. The van der Waals surface area contributed by atoms with Crippen molar-refractivity contribution in [2.45, 2.75) is 19.3 Å². The van der Waals surface area contributed by atoms with Crippen molar-refractivity contribution in [2.24, 2.45) is 0 Å². The van der Waals surface area contributed by atoms with Crippen LogP contribution in [0.2, 0.25) is 0 Å². The largest absolute Gasteiger partial charge is 0.369 e. The lowest BCUT2D eigenvalue weighted by Gasteiger charge is -2.19. The minimum absolute atomic E-state index is 0.446. The molecule has 0 N–H and O–H groups in total. The zero-order chi connectivity index (χ0) is 12.3. The van der Waals surface area contributed by atoms with Gasteiger partial charge in [-0.15, -0.1) is 22.9 Å². The third-order valence-corrected chi connectivity index (χ3v) is 3.80. The smallest absolute Gasteiger partial charge is 0.0798 e. The summed E-state index contributed by atoms with van der Waals surface area (Å²) in [4.78, 5) is 11.9. The molecule has 0 unspecified atom stereocenters. The van der Waals surface area contributed by atoms with E-state index in [1.807, 2.05) is 24.6 Å². The van der Waals surface area contributed by atoms with Crippen molar-refractivity contribution in [3.8, 4) is 0 Å². The Morgan fingerprint density at radius 3 is 2.88 bits per heavy atom. The number of aryl methyl sites for hydroxylation is 1. The molecule has 3 nitrogen and oxygen atoms in total. The van der Waals surface area contributed by atoms with Gasteiger partial charge in [-0.2, -0.15) is 0 Å². The third-order valence-electron chi connectivity index (χ3n) is 2.60. The molecule has 0 radical (unpaired) electrons. The van der Waals surface area contributed by atoms with Crippen LogP contribution in [0.15, 0.2) is 23.8 Å². The molecule has 0 atom stereocenters. The number of alkyl halides is 1. The maximum absolute atomic E-state index is 5.78. The quantitative estimate of drug-likeness (QED) is 0.797. The van der Waals surface area contributed by atoms with Crippen LogP contribution in [0.4, 0.5) is 5.69 Å². The highest BCUT2D eigenvalue weighted by Crippen LogP contribution is 2.20. The molecule has 0 fully saturated rings. The topological polar surface area (TPSA) is 29.0 Å². The third kappa shape index (κ3) is 2.96. The molecule has 17 heavy (non-hydrogen) atoms. The Kier molecular flexibility index (Phi) is 3.97. The van der Waals surface area contributed by atoms with Gasteiger partial charge in [0, 0.05) is 23.8 Å². The van der Waals surface area contributed by atoms with Gasteiger partial charge < -0.3 is 4.90 Å². The van der Waals surface area contributed by atoms with Crippen LogP contribution in [0.5, 0.6) is 0 Å². The summed E-state index contributed by atoms with van der Waals surface area (Å²) in [6, 6.07) is 4.01. The number of hydrogen-bond donors (Lipinski definition) is 0. The van der Waals surface area contributed by atoms with E-state index in [4.69, 9.17) is 11.6 Å². The molecule has 0 saturated heterocycles. The first-order valence-corrected chi connectivity index (χ1v) is 6.73. The van der Waals surface area contributed by atoms with E-state index in [0.29, 0.717) is 5.88 Å². The van der Waals surface area contributed by atoms with Gasteiger partial charge in [-0.1, -0.05) is 0 Å². The molecule has 0 aliphatic heterocycles.